The van der Waals surface area contributed by atoms with Crippen molar-refractivity contribution < 1.29 is 9.59 Å². The zero-order chi connectivity index (χ0) is 14.3. The van der Waals surface area contributed by atoms with Gasteiger partial charge in [-0.05, 0) is 24.6 Å². The van der Waals surface area contributed by atoms with Gasteiger partial charge in [0.2, 0.25) is 5.91 Å². The van der Waals surface area contributed by atoms with Crippen molar-refractivity contribution in [1.29, 1.82) is 0 Å². The van der Waals surface area contributed by atoms with Crippen LogP contribution in [0.15, 0.2) is 30.9 Å². The Morgan fingerprint density at radius 3 is 2.68 bits per heavy atom. The number of urea groups is 1. The smallest absolute Gasteiger partial charge is 0.319 e. The van der Waals surface area contributed by atoms with Crippen molar-refractivity contribution in [3.8, 4) is 0 Å². The van der Waals surface area contributed by atoms with E-state index >= 15 is 0 Å². The summed E-state index contributed by atoms with van der Waals surface area (Å²) in [6.07, 6.45) is 2.01. The van der Waals surface area contributed by atoms with Crippen LogP contribution in [0.4, 0.5) is 16.2 Å². The van der Waals surface area contributed by atoms with Crippen LogP contribution in [0.25, 0.3) is 0 Å². The van der Waals surface area contributed by atoms with Gasteiger partial charge in [0.25, 0.3) is 0 Å². The molecule has 0 atom stereocenters. The molecule has 5 heteroatoms. The van der Waals surface area contributed by atoms with Crippen molar-refractivity contribution in [3.63, 3.8) is 0 Å². The molecule has 3 amide bonds. The van der Waals surface area contributed by atoms with Crippen molar-refractivity contribution in [1.82, 2.24) is 5.32 Å². The number of aryl methyl sites for hydroxylation is 1. The second-order valence-electron chi connectivity index (χ2n) is 4.06. The molecule has 5 nitrogen and oxygen atoms in total. The lowest BCUT2D eigenvalue weighted by molar-refractivity contribution is -0.115. The second kappa shape index (κ2) is 7.20. The minimum atomic E-state index is -0.304. The molecule has 0 saturated carbocycles. The molecule has 0 bridgehead atoms. The van der Waals surface area contributed by atoms with Crippen LogP contribution in [0.5, 0.6) is 0 Å². The molecule has 19 heavy (non-hydrogen) atoms. The maximum atomic E-state index is 11.6. The molecular weight excluding hydrogens is 242 g/mol. The molecule has 0 aromatic heterocycles. The third-order valence-electron chi connectivity index (χ3n) is 2.50. The Morgan fingerprint density at radius 2 is 2.05 bits per heavy atom. The fraction of sp³-hybridized carbons (Fsp3) is 0.286. The van der Waals surface area contributed by atoms with Crippen LogP contribution in [0.3, 0.4) is 0 Å². The predicted octanol–water partition coefficient (Wildman–Crippen LogP) is 2.65. The van der Waals surface area contributed by atoms with E-state index in [0.717, 1.165) is 5.56 Å². The van der Waals surface area contributed by atoms with Crippen LogP contribution in [0.1, 0.15) is 18.9 Å². The highest BCUT2D eigenvalue weighted by Crippen LogP contribution is 2.20. The largest absolute Gasteiger partial charge is 0.334 e. The third-order valence-corrected chi connectivity index (χ3v) is 2.50. The minimum absolute atomic E-state index is 0.0640. The Kier molecular flexibility index (Phi) is 5.60. The standard InChI is InChI=1S/C14H19N3O2/c1-4-8-15-14(19)17-12-9-11(7-6-10(12)3)16-13(18)5-2/h4,6-7,9H,1,5,8H2,2-3H3,(H,16,18)(H2,15,17,19). The average molecular weight is 261 g/mol. The maximum absolute atomic E-state index is 11.6. The van der Waals surface area contributed by atoms with Gasteiger partial charge in [-0.2, -0.15) is 0 Å². The van der Waals surface area contributed by atoms with Crippen LogP contribution in [-0.2, 0) is 4.79 Å². The Bertz CT molecular complexity index is 484. The molecule has 0 heterocycles. The zero-order valence-corrected chi connectivity index (χ0v) is 11.2. The van der Waals surface area contributed by atoms with Crippen LogP contribution >= 0.6 is 0 Å². The molecule has 102 valence electrons. The van der Waals surface area contributed by atoms with Crippen LogP contribution in [0.2, 0.25) is 0 Å². The molecule has 3 N–H and O–H groups in total. The Labute approximate surface area is 113 Å². The predicted molar refractivity (Wildman–Crippen MR) is 77.3 cm³/mol. The number of nitrogens with one attached hydrogen (secondary N) is 3. The summed E-state index contributed by atoms with van der Waals surface area (Å²) in [4.78, 5) is 22.9. The summed E-state index contributed by atoms with van der Waals surface area (Å²) in [5, 5.41) is 8.10. The lowest BCUT2D eigenvalue weighted by Gasteiger charge is -2.11. The number of anilines is 2. The molecule has 0 aliphatic carbocycles. The van der Waals surface area contributed by atoms with Crippen molar-refractivity contribution in [3.05, 3.63) is 36.4 Å². The highest BCUT2D eigenvalue weighted by atomic mass is 16.2. The topological polar surface area (TPSA) is 70.2 Å². The number of carbonyl (C=O) groups excluding carboxylic acids is 2. The number of rotatable bonds is 5. The Hall–Kier alpha value is -2.30. The number of hydrogen-bond acceptors (Lipinski definition) is 2. The minimum Gasteiger partial charge on any atom is -0.334 e. The van der Waals surface area contributed by atoms with E-state index in [1.165, 1.54) is 0 Å². The van der Waals surface area contributed by atoms with E-state index in [4.69, 9.17) is 0 Å². The normalized spacial score (nSPS) is 9.58. The summed E-state index contributed by atoms with van der Waals surface area (Å²) in [5.74, 6) is -0.0640. The second-order valence-corrected chi connectivity index (χ2v) is 4.06. The van der Waals surface area contributed by atoms with Crippen molar-refractivity contribution in [2.24, 2.45) is 0 Å². The van der Waals surface area contributed by atoms with Gasteiger partial charge in [-0.25, -0.2) is 4.79 Å². The molecular formula is C14H19N3O2. The first-order valence-electron chi connectivity index (χ1n) is 6.13. The van der Waals surface area contributed by atoms with Gasteiger partial charge in [0.15, 0.2) is 0 Å². The van der Waals surface area contributed by atoms with Gasteiger partial charge < -0.3 is 16.0 Å². The number of benzene rings is 1. The Balaban J connectivity index is 2.76. The summed E-state index contributed by atoms with van der Waals surface area (Å²) in [5.41, 5.74) is 2.25. The Morgan fingerprint density at radius 1 is 1.32 bits per heavy atom. The van der Waals surface area contributed by atoms with E-state index in [0.29, 0.717) is 24.3 Å². The van der Waals surface area contributed by atoms with Crippen LogP contribution in [-0.4, -0.2) is 18.5 Å². The fourth-order valence-electron chi connectivity index (χ4n) is 1.42. The molecule has 0 aliphatic rings. The van der Waals surface area contributed by atoms with Gasteiger partial charge in [-0.3, -0.25) is 4.79 Å². The van der Waals surface area contributed by atoms with E-state index in [-0.39, 0.29) is 11.9 Å². The summed E-state index contributed by atoms with van der Waals surface area (Å²) >= 11 is 0. The van der Waals surface area contributed by atoms with Gasteiger partial charge in [0.1, 0.15) is 0 Å². The molecule has 0 aliphatic heterocycles. The average Bonchev–Trinajstić information content (AvgIpc) is 2.40. The lowest BCUT2D eigenvalue weighted by Crippen LogP contribution is -2.28. The van der Waals surface area contributed by atoms with E-state index in [1.807, 2.05) is 13.0 Å². The lowest BCUT2D eigenvalue weighted by atomic mass is 10.2. The third kappa shape index (κ3) is 4.83. The number of amides is 3. The van der Waals surface area contributed by atoms with Crippen molar-refractivity contribution >= 4 is 23.3 Å². The first-order chi connectivity index (χ1) is 9.06. The van der Waals surface area contributed by atoms with Crippen molar-refractivity contribution in [2.75, 3.05) is 17.2 Å². The molecule has 1 rings (SSSR count). The SMILES string of the molecule is C=CCNC(=O)Nc1cc(NC(=O)CC)ccc1C. The first kappa shape index (κ1) is 14.8. The summed E-state index contributed by atoms with van der Waals surface area (Å²) < 4.78 is 0. The number of hydrogen-bond donors (Lipinski definition) is 3. The quantitative estimate of drug-likeness (QED) is 0.713. The highest BCUT2D eigenvalue weighted by molar-refractivity contribution is 5.94. The molecule has 1 aromatic rings. The van der Waals surface area contributed by atoms with Crippen LogP contribution < -0.4 is 16.0 Å². The highest BCUT2D eigenvalue weighted by Gasteiger charge is 2.06. The molecule has 0 radical (unpaired) electrons. The molecule has 1 aromatic carbocycles. The maximum Gasteiger partial charge on any atom is 0.319 e. The monoisotopic (exact) mass is 261 g/mol. The molecule has 0 saturated heterocycles. The van der Waals surface area contributed by atoms with E-state index in [2.05, 4.69) is 22.5 Å². The van der Waals surface area contributed by atoms with E-state index < -0.39 is 0 Å². The fourth-order valence-corrected chi connectivity index (χ4v) is 1.42. The van der Waals surface area contributed by atoms with Gasteiger partial charge >= 0.3 is 6.03 Å². The summed E-state index contributed by atoms with van der Waals surface area (Å²) in [7, 11) is 0. The van der Waals surface area contributed by atoms with Crippen LogP contribution in [0, 0.1) is 6.92 Å². The summed E-state index contributed by atoms with van der Waals surface area (Å²) in [6, 6.07) is 5.07. The van der Waals surface area contributed by atoms with Gasteiger partial charge in [-0.15, -0.1) is 6.58 Å². The van der Waals surface area contributed by atoms with Gasteiger partial charge in [0, 0.05) is 24.3 Å². The number of carbonyl (C=O) groups is 2. The zero-order valence-electron chi connectivity index (χ0n) is 11.2. The van der Waals surface area contributed by atoms with Gasteiger partial charge in [0.05, 0.1) is 0 Å². The summed E-state index contributed by atoms with van der Waals surface area (Å²) in [6.45, 7) is 7.59. The molecule has 0 fully saturated rings. The van der Waals surface area contributed by atoms with Crippen molar-refractivity contribution in [2.45, 2.75) is 20.3 Å². The van der Waals surface area contributed by atoms with E-state index in [9.17, 15) is 9.59 Å². The van der Waals surface area contributed by atoms with Gasteiger partial charge in [-0.1, -0.05) is 19.1 Å². The van der Waals surface area contributed by atoms with E-state index in [1.54, 1.807) is 25.1 Å². The first-order valence-corrected chi connectivity index (χ1v) is 6.13. The molecule has 0 spiro atoms. The molecule has 0 unspecified atom stereocenters.